The Morgan fingerprint density at radius 1 is 1.08 bits per heavy atom. The normalized spacial score (nSPS) is 20.0. The van der Waals surface area contributed by atoms with Crippen molar-refractivity contribution in [2.45, 2.75) is 57.4 Å². The van der Waals surface area contributed by atoms with Crippen LogP contribution in [0.1, 0.15) is 49.1 Å². The van der Waals surface area contributed by atoms with Crippen molar-refractivity contribution >= 4 is 0 Å². The van der Waals surface area contributed by atoms with E-state index in [-0.39, 0.29) is 6.04 Å². The third-order valence-corrected chi connectivity index (χ3v) is 5.13. The Morgan fingerprint density at radius 3 is 2.60 bits per heavy atom. The van der Waals surface area contributed by atoms with Gasteiger partial charge in [0.1, 0.15) is 11.6 Å². The summed E-state index contributed by atoms with van der Waals surface area (Å²) in [6.45, 7) is 3.40. The highest BCUT2D eigenvalue weighted by atomic mass is 19.4. The third-order valence-electron chi connectivity index (χ3n) is 5.13. The summed E-state index contributed by atoms with van der Waals surface area (Å²) in [6, 6.07) is 1.08. The SMILES string of the molecule is FC(F)(F)c1ccn(C2CCN(Cc3nnc4n3CCCC4)CC2)n1. The van der Waals surface area contributed by atoms with E-state index in [1.54, 1.807) is 0 Å². The van der Waals surface area contributed by atoms with E-state index in [1.807, 2.05) is 0 Å². The summed E-state index contributed by atoms with van der Waals surface area (Å²) >= 11 is 0. The van der Waals surface area contributed by atoms with Gasteiger partial charge in [-0.2, -0.15) is 18.3 Å². The maximum absolute atomic E-state index is 12.7. The zero-order valence-corrected chi connectivity index (χ0v) is 13.9. The summed E-state index contributed by atoms with van der Waals surface area (Å²) in [5.41, 5.74) is -0.815. The molecule has 0 saturated carbocycles. The summed E-state index contributed by atoms with van der Waals surface area (Å²) < 4.78 is 41.7. The molecule has 6 nitrogen and oxygen atoms in total. The minimum absolute atomic E-state index is 0.0275. The second-order valence-electron chi connectivity index (χ2n) is 6.83. The second-order valence-corrected chi connectivity index (χ2v) is 6.83. The molecule has 1 saturated heterocycles. The second kappa shape index (κ2) is 6.44. The van der Waals surface area contributed by atoms with Gasteiger partial charge in [0.15, 0.2) is 5.69 Å². The lowest BCUT2D eigenvalue weighted by Gasteiger charge is -2.32. The molecule has 25 heavy (non-hydrogen) atoms. The number of rotatable bonds is 3. The summed E-state index contributed by atoms with van der Waals surface area (Å²) in [5, 5.41) is 12.3. The average Bonchev–Trinajstić information content (AvgIpc) is 3.23. The lowest BCUT2D eigenvalue weighted by molar-refractivity contribution is -0.141. The van der Waals surface area contributed by atoms with Gasteiger partial charge < -0.3 is 4.57 Å². The molecule has 0 aliphatic carbocycles. The van der Waals surface area contributed by atoms with Crippen LogP contribution in [0.3, 0.4) is 0 Å². The Morgan fingerprint density at radius 2 is 1.88 bits per heavy atom. The smallest absolute Gasteiger partial charge is 0.314 e. The van der Waals surface area contributed by atoms with Crippen molar-refractivity contribution in [3.8, 4) is 0 Å². The van der Waals surface area contributed by atoms with Crippen LogP contribution in [0.2, 0.25) is 0 Å². The molecular weight excluding hydrogens is 333 g/mol. The zero-order valence-electron chi connectivity index (χ0n) is 13.9. The number of aryl methyl sites for hydroxylation is 1. The molecule has 2 aliphatic heterocycles. The van der Waals surface area contributed by atoms with E-state index in [2.05, 4.69) is 24.8 Å². The molecule has 0 spiro atoms. The molecule has 2 aromatic heterocycles. The van der Waals surface area contributed by atoms with Crippen molar-refractivity contribution in [1.82, 2.24) is 29.4 Å². The number of aromatic nitrogens is 5. The molecule has 1 fully saturated rings. The van der Waals surface area contributed by atoms with Gasteiger partial charge in [-0.3, -0.25) is 9.58 Å². The van der Waals surface area contributed by atoms with Gasteiger partial charge in [-0.15, -0.1) is 10.2 Å². The van der Waals surface area contributed by atoms with Crippen molar-refractivity contribution < 1.29 is 13.2 Å². The van der Waals surface area contributed by atoms with Crippen LogP contribution in [0, 0.1) is 0 Å². The number of likely N-dealkylation sites (tertiary alicyclic amines) is 1. The first kappa shape index (κ1) is 16.6. The lowest BCUT2D eigenvalue weighted by atomic mass is 10.1. The monoisotopic (exact) mass is 354 g/mol. The quantitative estimate of drug-likeness (QED) is 0.850. The fourth-order valence-electron chi connectivity index (χ4n) is 3.72. The standard InChI is InChI=1S/C16H21F3N6/c17-16(18,19)13-6-10-25(22-13)12-4-8-23(9-5-12)11-15-21-20-14-3-1-2-7-24(14)15/h6,10,12H,1-5,7-9,11H2. The van der Waals surface area contributed by atoms with Gasteiger partial charge in [0, 0.05) is 32.3 Å². The minimum Gasteiger partial charge on any atom is -0.314 e. The molecule has 4 heterocycles. The van der Waals surface area contributed by atoms with Crippen LogP contribution in [0.15, 0.2) is 12.3 Å². The molecular formula is C16H21F3N6. The first-order valence-corrected chi connectivity index (χ1v) is 8.76. The van der Waals surface area contributed by atoms with Crippen molar-refractivity contribution in [3.05, 3.63) is 29.6 Å². The average molecular weight is 354 g/mol. The minimum atomic E-state index is -4.38. The fraction of sp³-hybridized carbons (Fsp3) is 0.688. The lowest BCUT2D eigenvalue weighted by Crippen LogP contribution is -2.35. The van der Waals surface area contributed by atoms with Crippen molar-refractivity contribution in [3.63, 3.8) is 0 Å². The Balaban J connectivity index is 1.35. The number of piperidine rings is 1. The Hall–Kier alpha value is -1.90. The largest absolute Gasteiger partial charge is 0.435 e. The highest BCUT2D eigenvalue weighted by Crippen LogP contribution is 2.30. The maximum Gasteiger partial charge on any atom is 0.435 e. The Kier molecular flexibility index (Phi) is 4.26. The number of fused-ring (bicyclic) bond motifs is 1. The van der Waals surface area contributed by atoms with E-state index < -0.39 is 11.9 Å². The molecule has 0 aromatic carbocycles. The van der Waals surface area contributed by atoms with E-state index in [0.29, 0.717) is 0 Å². The van der Waals surface area contributed by atoms with E-state index in [1.165, 1.54) is 23.7 Å². The van der Waals surface area contributed by atoms with E-state index in [4.69, 9.17) is 0 Å². The van der Waals surface area contributed by atoms with Crippen molar-refractivity contribution in [2.24, 2.45) is 0 Å². The predicted octanol–water partition coefficient (Wildman–Crippen LogP) is 2.67. The maximum atomic E-state index is 12.7. The van der Waals surface area contributed by atoms with Crippen LogP contribution in [-0.4, -0.2) is 42.5 Å². The van der Waals surface area contributed by atoms with Gasteiger partial charge in [0.2, 0.25) is 0 Å². The number of alkyl halides is 3. The van der Waals surface area contributed by atoms with Gasteiger partial charge in [-0.05, 0) is 31.7 Å². The molecule has 136 valence electrons. The third kappa shape index (κ3) is 3.42. The van der Waals surface area contributed by atoms with Crippen LogP contribution in [0.5, 0.6) is 0 Å². The van der Waals surface area contributed by atoms with Crippen LogP contribution < -0.4 is 0 Å². The number of nitrogens with zero attached hydrogens (tertiary/aromatic N) is 6. The molecule has 2 aliphatic rings. The summed E-state index contributed by atoms with van der Waals surface area (Å²) in [5.74, 6) is 2.08. The van der Waals surface area contributed by atoms with E-state index >= 15 is 0 Å². The zero-order chi connectivity index (χ0) is 17.4. The first-order chi connectivity index (χ1) is 12.0. The first-order valence-electron chi connectivity index (χ1n) is 8.76. The van der Waals surface area contributed by atoms with Gasteiger partial charge in [-0.1, -0.05) is 0 Å². The van der Waals surface area contributed by atoms with Crippen LogP contribution in [0.25, 0.3) is 0 Å². The number of halogens is 3. The van der Waals surface area contributed by atoms with Gasteiger partial charge >= 0.3 is 6.18 Å². The molecule has 9 heteroatoms. The molecule has 0 amide bonds. The van der Waals surface area contributed by atoms with Crippen LogP contribution in [-0.2, 0) is 25.7 Å². The molecule has 0 atom stereocenters. The molecule has 4 rings (SSSR count). The van der Waals surface area contributed by atoms with Gasteiger partial charge in [0.05, 0.1) is 12.6 Å². The molecule has 2 aromatic rings. The van der Waals surface area contributed by atoms with Gasteiger partial charge in [-0.25, -0.2) is 0 Å². The van der Waals surface area contributed by atoms with Crippen LogP contribution >= 0.6 is 0 Å². The topological polar surface area (TPSA) is 51.8 Å². The van der Waals surface area contributed by atoms with E-state index in [0.717, 1.165) is 63.2 Å². The number of hydrogen-bond donors (Lipinski definition) is 0. The highest BCUT2D eigenvalue weighted by Gasteiger charge is 2.34. The Bertz CT molecular complexity index is 727. The summed E-state index contributed by atoms with van der Waals surface area (Å²) in [7, 11) is 0. The molecule has 0 radical (unpaired) electrons. The fourth-order valence-corrected chi connectivity index (χ4v) is 3.72. The van der Waals surface area contributed by atoms with Crippen molar-refractivity contribution in [1.29, 1.82) is 0 Å². The highest BCUT2D eigenvalue weighted by molar-refractivity contribution is 5.04. The molecule has 0 bridgehead atoms. The predicted molar refractivity (Wildman–Crippen MR) is 83.7 cm³/mol. The molecule has 0 unspecified atom stereocenters. The summed E-state index contributed by atoms with van der Waals surface area (Å²) in [4.78, 5) is 2.30. The molecule has 0 N–H and O–H groups in total. The Labute approximate surface area is 143 Å². The van der Waals surface area contributed by atoms with Crippen molar-refractivity contribution in [2.75, 3.05) is 13.1 Å². The van der Waals surface area contributed by atoms with E-state index in [9.17, 15) is 13.2 Å². The van der Waals surface area contributed by atoms with Gasteiger partial charge in [0.25, 0.3) is 0 Å². The summed E-state index contributed by atoms with van der Waals surface area (Å²) in [6.07, 6.45) is 1.99. The van der Waals surface area contributed by atoms with Crippen LogP contribution in [0.4, 0.5) is 13.2 Å². The number of hydrogen-bond acceptors (Lipinski definition) is 4.